The zero-order chi connectivity index (χ0) is 20.1. The quantitative estimate of drug-likeness (QED) is 0.549. The van der Waals surface area contributed by atoms with Crippen molar-refractivity contribution in [3.05, 3.63) is 102 Å². The van der Waals surface area contributed by atoms with E-state index in [4.69, 9.17) is 0 Å². The topological polar surface area (TPSA) is 101 Å². The van der Waals surface area contributed by atoms with Crippen molar-refractivity contribution in [2.45, 2.75) is 6.04 Å². The molecule has 4 rings (SSSR count). The number of aromatic nitrogens is 4. The number of nitrogens with zero attached hydrogens (tertiary/aromatic N) is 4. The summed E-state index contributed by atoms with van der Waals surface area (Å²) in [4.78, 5) is 21.0. The Morgan fingerprint density at radius 3 is 2.10 bits per heavy atom. The van der Waals surface area contributed by atoms with Gasteiger partial charge in [-0.2, -0.15) is 10.1 Å². The van der Waals surface area contributed by atoms with Gasteiger partial charge in [-0.1, -0.05) is 60.7 Å². The summed E-state index contributed by atoms with van der Waals surface area (Å²) in [6.45, 7) is 0. The van der Waals surface area contributed by atoms with Gasteiger partial charge in [0, 0.05) is 12.4 Å². The van der Waals surface area contributed by atoms with E-state index >= 15 is 0 Å². The molecule has 2 heterocycles. The second-order valence-corrected chi connectivity index (χ2v) is 6.27. The molecule has 4 aromatic rings. The number of nitrogens with one attached hydrogen (secondary N) is 1. The summed E-state index contributed by atoms with van der Waals surface area (Å²) in [6, 6.07) is 22.2. The molecule has 29 heavy (non-hydrogen) atoms. The fraction of sp³-hybridized carbons (Fsp3) is 0.0455. The second kappa shape index (κ2) is 8.26. The number of hydrogen-bond acceptors (Lipinski definition) is 6. The van der Waals surface area contributed by atoms with Gasteiger partial charge in [-0.05, 0) is 23.3 Å². The molecule has 0 unspecified atom stereocenters. The lowest BCUT2D eigenvalue weighted by molar-refractivity contribution is 0.0939. The molecule has 0 bridgehead atoms. The van der Waals surface area contributed by atoms with Gasteiger partial charge in [0.2, 0.25) is 5.88 Å². The van der Waals surface area contributed by atoms with E-state index in [9.17, 15) is 9.90 Å². The van der Waals surface area contributed by atoms with Gasteiger partial charge in [-0.15, -0.1) is 5.10 Å². The molecular weight excluding hydrogens is 366 g/mol. The highest BCUT2D eigenvalue weighted by Crippen LogP contribution is 2.24. The van der Waals surface area contributed by atoms with Gasteiger partial charge in [0.25, 0.3) is 5.91 Å². The van der Waals surface area contributed by atoms with E-state index in [0.29, 0.717) is 5.69 Å². The summed E-state index contributed by atoms with van der Waals surface area (Å²) in [7, 11) is 0. The Kier molecular flexibility index (Phi) is 5.20. The Balaban J connectivity index is 1.63. The fourth-order valence-corrected chi connectivity index (χ4v) is 2.94. The van der Waals surface area contributed by atoms with Crippen LogP contribution in [0.3, 0.4) is 0 Å². The highest BCUT2D eigenvalue weighted by atomic mass is 16.3. The number of hydrogen-bond donors (Lipinski definition) is 2. The Hall–Kier alpha value is -4.13. The molecule has 0 atom stereocenters. The first-order valence-electron chi connectivity index (χ1n) is 8.97. The van der Waals surface area contributed by atoms with Crippen LogP contribution in [0.2, 0.25) is 0 Å². The molecule has 0 radical (unpaired) electrons. The van der Waals surface area contributed by atoms with Crippen LogP contribution < -0.4 is 5.32 Å². The smallest absolute Gasteiger partial charge is 0.259 e. The fourth-order valence-electron chi connectivity index (χ4n) is 2.94. The number of carbonyl (C=O) groups excluding carboxylic acids is 1. The summed E-state index contributed by atoms with van der Waals surface area (Å²) in [5.41, 5.74) is 2.22. The average molecular weight is 383 g/mol. The van der Waals surface area contributed by atoms with E-state index in [1.54, 1.807) is 12.1 Å². The summed E-state index contributed by atoms with van der Waals surface area (Å²) in [5, 5.41) is 20.9. The zero-order valence-electron chi connectivity index (χ0n) is 15.3. The van der Waals surface area contributed by atoms with Crippen LogP contribution in [0.15, 0.2) is 85.2 Å². The van der Waals surface area contributed by atoms with E-state index in [0.717, 1.165) is 11.1 Å². The third-order valence-electron chi connectivity index (χ3n) is 4.36. The largest absolute Gasteiger partial charge is 0.493 e. The van der Waals surface area contributed by atoms with Crippen LogP contribution >= 0.6 is 0 Å². The standard InChI is InChI=1S/C22H17N5O2/c28-21(17-14-23-20(26-22(17)29)18-12-7-13-24-27-18)25-19(15-8-3-1-4-9-15)16-10-5-2-6-11-16/h1-14,19H,(H,25,28)(H,23,26,29). The van der Waals surface area contributed by atoms with Crippen LogP contribution in [0.1, 0.15) is 27.5 Å². The molecule has 2 aromatic carbocycles. The van der Waals surface area contributed by atoms with E-state index in [2.05, 4.69) is 25.5 Å². The van der Waals surface area contributed by atoms with E-state index in [-0.39, 0.29) is 17.4 Å². The van der Waals surface area contributed by atoms with E-state index in [1.165, 1.54) is 12.4 Å². The van der Waals surface area contributed by atoms with Crippen LogP contribution in [0.5, 0.6) is 5.88 Å². The average Bonchev–Trinajstić information content (AvgIpc) is 2.79. The Morgan fingerprint density at radius 1 is 0.897 bits per heavy atom. The number of carbonyl (C=O) groups is 1. The molecule has 0 fully saturated rings. The first kappa shape index (κ1) is 18.2. The summed E-state index contributed by atoms with van der Waals surface area (Å²) in [6.07, 6.45) is 2.81. The number of aromatic hydroxyl groups is 1. The van der Waals surface area contributed by atoms with Gasteiger partial charge < -0.3 is 10.4 Å². The Morgan fingerprint density at radius 2 is 1.55 bits per heavy atom. The molecule has 0 aliphatic rings. The first-order valence-corrected chi connectivity index (χ1v) is 8.97. The maximum Gasteiger partial charge on any atom is 0.259 e. The number of rotatable bonds is 5. The van der Waals surface area contributed by atoms with Crippen LogP contribution in [0.25, 0.3) is 11.5 Å². The molecule has 0 saturated heterocycles. The van der Waals surface area contributed by atoms with Crippen molar-refractivity contribution < 1.29 is 9.90 Å². The minimum Gasteiger partial charge on any atom is -0.493 e. The molecule has 1 amide bonds. The van der Waals surface area contributed by atoms with Crippen molar-refractivity contribution in [1.29, 1.82) is 0 Å². The molecule has 2 N–H and O–H groups in total. The lowest BCUT2D eigenvalue weighted by atomic mass is 9.98. The van der Waals surface area contributed by atoms with Crippen LogP contribution in [-0.2, 0) is 0 Å². The van der Waals surface area contributed by atoms with Crippen molar-refractivity contribution in [2.24, 2.45) is 0 Å². The molecule has 2 aromatic heterocycles. The number of benzene rings is 2. The van der Waals surface area contributed by atoms with Crippen molar-refractivity contribution in [3.63, 3.8) is 0 Å². The Labute approximate surface area is 167 Å². The third kappa shape index (κ3) is 4.08. The van der Waals surface area contributed by atoms with Gasteiger partial charge in [0.15, 0.2) is 5.82 Å². The molecular formula is C22H17N5O2. The maximum absolute atomic E-state index is 12.9. The SMILES string of the molecule is O=C(NC(c1ccccc1)c1ccccc1)c1cnc(-c2cccnn2)nc1O. The minimum atomic E-state index is -0.481. The zero-order valence-corrected chi connectivity index (χ0v) is 15.3. The molecule has 7 heteroatoms. The Bertz CT molecular complexity index is 1070. The molecule has 0 spiro atoms. The summed E-state index contributed by atoms with van der Waals surface area (Å²) < 4.78 is 0. The molecule has 0 aliphatic heterocycles. The van der Waals surface area contributed by atoms with E-state index < -0.39 is 11.8 Å². The van der Waals surface area contributed by atoms with Gasteiger partial charge in [-0.25, -0.2) is 4.98 Å². The van der Waals surface area contributed by atoms with Crippen LogP contribution in [0, 0.1) is 0 Å². The lowest BCUT2D eigenvalue weighted by Crippen LogP contribution is -2.29. The highest BCUT2D eigenvalue weighted by molar-refractivity contribution is 5.96. The predicted molar refractivity (Wildman–Crippen MR) is 107 cm³/mol. The van der Waals surface area contributed by atoms with Gasteiger partial charge in [0.05, 0.1) is 6.04 Å². The van der Waals surface area contributed by atoms with Crippen molar-refractivity contribution in [2.75, 3.05) is 0 Å². The lowest BCUT2D eigenvalue weighted by Gasteiger charge is -2.20. The first-order chi connectivity index (χ1) is 14.2. The van der Waals surface area contributed by atoms with Gasteiger partial charge in [0.1, 0.15) is 11.3 Å². The van der Waals surface area contributed by atoms with Gasteiger partial charge >= 0.3 is 0 Å². The predicted octanol–water partition coefficient (Wildman–Crippen LogP) is 3.16. The highest BCUT2D eigenvalue weighted by Gasteiger charge is 2.21. The van der Waals surface area contributed by atoms with Crippen LogP contribution in [-0.4, -0.2) is 31.2 Å². The normalized spacial score (nSPS) is 10.7. The monoisotopic (exact) mass is 383 g/mol. The van der Waals surface area contributed by atoms with Gasteiger partial charge in [-0.3, -0.25) is 4.79 Å². The second-order valence-electron chi connectivity index (χ2n) is 6.27. The molecule has 7 nitrogen and oxygen atoms in total. The third-order valence-corrected chi connectivity index (χ3v) is 4.36. The summed E-state index contributed by atoms with van der Waals surface area (Å²) in [5.74, 6) is -0.709. The molecule has 0 saturated carbocycles. The minimum absolute atomic E-state index is 0.0190. The number of amides is 1. The van der Waals surface area contributed by atoms with Crippen molar-refractivity contribution in [3.8, 4) is 17.4 Å². The van der Waals surface area contributed by atoms with E-state index in [1.807, 2.05) is 60.7 Å². The van der Waals surface area contributed by atoms with Crippen molar-refractivity contribution >= 4 is 5.91 Å². The molecule has 142 valence electrons. The summed E-state index contributed by atoms with van der Waals surface area (Å²) >= 11 is 0. The van der Waals surface area contributed by atoms with Crippen molar-refractivity contribution in [1.82, 2.24) is 25.5 Å². The molecule has 0 aliphatic carbocycles. The maximum atomic E-state index is 12.9. The van der Waals surface area contributed by atoms with Crippen LogP contribution in [0.4, 0.5) is 0 Å².